The minimum absolute atomic E-state index is 0.0738. The molecule has 1 heterocycles. The maximum Gasteiger partial charge on any atom is 0.337 e. The van der Waals surface area contributed by atoms with Crippen molar-refractivity contribution >= 4 is 22.7 Å². The Morgan fingerprint density at radius 1 is 1.13 bits per heavy atom. The largest absolute Gasteiger partial charge is 0.506 e. The number of phenolic OH excluding ortho intramolecular Hbond substituents is 1. The number of anilines is 1. The van der Waals surface area contributed by atoms with Gasteiger partial charge in [0, 0.05) is 25.8 Å². The van der Waals surface area contributed by atoms with E-state index < -0.39 is 5.97 Å². The average molecular weight is 312 g/mol. The summed E-state index contributed by atoms with van der Waals surface area (Å²) in [6.45, 7) is 0. The van der Waals surface area contributed by atoms with Gasteiger partial charge in [-0.2, -0.15) is 0 Å². The zero-order valence-electron chi connectivity index (χ0n) is 13.0. The molecular formula is C16H16N4O3. The van der Waals surface area contributed by atoms with Gasteiger partial charge >= 0.3 is 5.97 Å². The Hall–Kier alpha value is -3.09. The Kier molecular flexibility index (Phi) is 3.61. The molecular weight excluding hydrogens is 296 g/mol. The van der Waals surface area contributed by atoms with Gasteiger partial charge in [-0.05, 0) is 30.3 Å². The second-order valence-corrected chi connectivity index (χ2v) is 5.25. The normalized spacial score (nSPS) is 10.7. The molecule has 3 rings (SSSR count). The Morgan fingerprint density at radius 2 is 1.87 bits per heavy atom. The van der Waals surface area contributed by atoms with Crippen LogP contribution in [0.15, 0.2) is 36.4 Å². The highest BCUT2D eigenvalue weighted by Gasteiger charge is 2.12. The monoisotopic (exact) mass is 312 g/mol. The van der Waals surface area contributed by atoms with Crippen LogP contribution in [0.5, 0.6) is 5.75 Å². The lowest BCUT2D eigenvalue weighted by Crippen LogP contribution is -2.09. The number of phenols is 1. The molecule has 0 bridgehead atoms. The van der Waals surface area contributed by atoms with Gasteiger partial charge in [0.05, 0.1) is 12.7 Å². The molecule has 2 aromatic carbocycles. The van der Waals surface area contributed by atoms with E-state index in [1.54, 1.807) is 30.3 Å². The summed E-state index contributed by atoms with van der Waals surface area (Å²) in [7, 11) is 5.11. The number of esters is 1. The Morgan fingerprint density at radius 3 is 2.52 bits per heavy atom. The lowest BCUT2D eigenvalue weighted by Gasteiger charge is -2.13. The number of fused-ring (bicyclic) bond motifs is 1. The van der Waals surface area contributed by atoms with E-state index in [0.29, 0.717) is 22.3 Å². The van der Waals surface area contributed by atoms with Crippen LogP contribution in [-0.4, -0.2) is 47.3 Å². The van der Waals surface area contributed by atoms with Crippen molar-refractivity contribution in [2.24, 2.45) is 0 Å². The summed E-state index contributed by atoms with van der Waals surface area (Å²) in [6.07, 6.45) is 0. The van der Waals surface area contributed by atoms with Crippen LogP contribution in [0.2, 0.25) is 0 Å². The van der Waals surface area contributed by atoms with Gasteiger partial charge in [0.1, 0.15) is 22.5 Å². The second-order valence-electron chi connectivity index (χ2n) is 5.25. The van der Waals surface area contributed by atoms with Gasteiger partial charge in [0.25, 0.3) is 0 Å². The average Bonchev–Trinajstić information content (AvgIpc) is 2.96. The molecule has 0 fully saturated rings. The lowest BCUT2D eigenvalue weighted by molar-refractivity contribution is 0.0601. The van der Waals surface area contributed by atoms with Crippen molar-refractivity contribution in [2.75, 3.05) is 26.1 Å². The van der Waals surface area contributed by atoms with Crippen molar-refractivity contribution in [1.82, 2.24) is 15.0 Å². The fourth-order valence-electron chi connectivity index (χ4n) is 2.23. The molecule has 1 N–H and O–H groups in total. The third kappa shape index (κ3) is 2.68. The van der Waals surface area contributed by atoms with Gasteiger partial charge in [0.15, 0.2) is 0 Å². The highest BCUT2D eigenvalue weighted by atomic mass is 16.5. The predicted octanol–water partition coefficient (Wildman–Crippen LogP) is 1.98. The van der Waals surface area contributed by atoms with Crippen LogP contribution in [0, 0.1) is 0 Å². The number of hydrogen-bond acceptors (Lipinski definition) is 6. The Bertz CT molecular complexity index is 886. The number of aromatic hydroxyl groups is 1. The minimum atomic E-state index is -0.431. The van der Waals surface area contributed by atoms with Gasteiger partial charge in [0.2, 0.25) is 0 Å². The standard InChI is InChI=1S/C16H16N4O3/c1-19(2)11-5-7-14(15(21)9-11)20-17-12-6-4-10(16(22)23-3)8-13(12)18-20/h4-9,21H,1-3H3. The van der Waals surface area contributed by atoms with Gasteiger partial charge in [-0.1, -0.05) is 0 Å². The van der Waals surface area contributed by atoms with E-state index in [4.69, 9.17) is 4.74 Å². The zero-order valence-corrected chi connectivity index (χ0v) is 13.0. The third-order valence-electron chi connectivity index (χ3n) is 3.49. The number of carbonyl (C=O) groups excluding carboxylic acids is 1. The number of methoxy groups -OCH3 is 1. The SMILES string of the molecule is COC(=O)c1ccc2nn(-c3ccc(N(C)C)cc3O)nc2c1. The Labute approximate surface area is 132 Å². The summed E-state index contributed by atoms with van der Waals surface area (Å²) in [5.41, 5.74) is 2.90. The second kappa shape index (κ2) is 5.60. The van der Waals surface area contributed by atoms with Gasteiger partial charge in [-0.3, -0.25) is 0 Å². The minimum Gasteiger partial charge on any atom is -0.506 e. The van der Waals surface area contributed by atoms with E-state index >= 15 is 0 Å². The summed E-state index contributed by atoms with van der Waals surface area (Å²) in [5.74, 6) is -0.357. The molecule has 0 amide bonds. The van der Waals surface area contributed by atoms with E-state index in [9.17, 15) is 9.90 Å². The van der Waals surface area contributed by atoms with Crippen molar-refractivity contribution in [2.45, 2.75) is 0 Å². The molecule has 0 atom stereocenters. The number of hydrogen-bond donors (Lipinski definition) is 1. The van der Waals surface area contributed by atoms with Crippen LogP contribution in [0.4, 0.5) is 5.69 Å². The maximum absolute atomic E-state index is 11.6. The molecule has 0 radical (unpaired) electrons. The number of benzene rings is 2. The van der Waals surface area contributed by atoms with Crippen LogP contribution in [-0.2, 0) is 4.74 Å². The first-order chi connectivity index (χ1) is 11.0. The topological polar surface area (TPSA) is 80.5 Å². The van der Waals surface area contributed by atoms with Crippen molar-refractivity contribution in [3.05, 3.63) is 42.0 Å². The summed E-state index contributed by atoms with van der Waals surface area (Å²) in [5, 5.41) is 18.8. The summed E-state index contributed by atoms with van der Waals surface area (Å²) >= 11 is 0. The van der Waals surface area contributed by atoms with E-state index in [1.807, 2.05) is 25.1 Å². The third-order valence-corrected chi connectivity index (χ3v) is 3.49. The number of ether oxygens (including phenoxy) is 1. The van der Waals surface area contributed by atoms with Crippen LogP contribution >= 0.6 is 0 Å². The molecule has 0 saturated heterocycles. The van der Waals surface area contributed by atoms with Crippen LogP contribution in [0.3, 0.4) is 0 Å². The van der Waals surface area contributed by atoms with Gasteiger partial charge < -0.3 is 14.7 Å². The first-order valence-electron chi connectivity index (χ1n) is 6.96. The van der Waals surface area contributed by atoms with Crippen molar-refractivity contribution in [3.63, 3.8) is 0 Å². The molecule has 23 heavy (non-hydrogen) atoms. The molecule has 0 spiro atoms. The van der Waals surface area contributed by atoms with E-state index in [2.05, 4.69) is 10.2 Å². The van der Waals surface area contributed by atoms with Crippen molar-refractivity contribution < 1.29 is 14.6 Å². The molecule has 0 aliphatic carbocycles. The van der Waals surface area contributed by atoms with Crippen LogP contribution in [0.1, 0.15) is 10.4 Å². The molecule has 118 valence electrons. The lowest BCUT2D eigenvalue weighted by atomic mass is 10.2. The van der Waals surface area contributed by atoms with E-state index in [-0.39, 0.29) is 5.75 Å². The molecule has 3 aromatic rings. The first-order valence-corrected chi connectivity index (χ1v) is 6.96. The number of carbonyl (C=O) groups is 1. The molecule has 7 heteroatoms. The summed E-state index contributed by atoms with van der Waals surface area (Å²) < 4.78 is 4.69. The fourth-order valence-corrected chi connectivity index (χ4v) is 2.23. The predicted molar refractivity (Wildman–Crippen MR) is 86.2 cm³/mol. The highest BCUT2D eigenvalue weighted by Crippen LogP contribution is 2.26. The molecule has 0 unspecified atom stereocenters. The molecule has 1 aromatic heterocycles. The van der Waals surface area contributed by atoms with E-state index in [0.717, 1.165) is 5.69 Å². The van der Waals surface area contributed by atoms with Gasteiger partial charge in [-0.25, -0.2) is 4.79 Å². The fraction of sp³-hybridized carbons (Fsp3) is 0.188. The molecule has 0 aliphatic rings. The van der Waals surface area contributed by atoms with Crippen LogP contribution < -0.4 is 4.90 Å². The summed E-state index contributed by atoms with van der Waals surface area (Å²) in [6, 6.07) is 10.2. The Balaban J connectivity index is 2.05. The zero-order chi connectivity index (χ0) is 16.6. The molecule has 7 nitrogen and oxygen atoms in total. The summed E-state index contributed by atoms with van der Waals surface area (Å²) in [4.78, 5) is 14.8. The molecule has 0 aliphatic heterocycles. The number of nitrogens with zero attached hydrogens (tertiary/aromatic N) is 4. The van der Waals surface area contributed by atoms with Gasteiger partial charge in [-0.15, -0.1) is 15.0 Å². The quantitative estimate of drug-likeness (QED) is 0.745. The smallest absolute Gasteiger partial charge is 0.337 e. The van der Waals surface area contributed by atoms with Crippen molar-refractivity contribution in [3.8, 4) is 11.4 Å². The first kappa shape index (κ1) is 14.8. The van der Waals surface area contributed by atoms with E-state index in [1.165, 1.54) is 11.9 Å². The number of aromatic nitrogens is 3. The van der Waals surface area contributed by atoms with Crippen molar-refractivity contribution in [1.29, 1.82) is 0 Å². The highest BCUT2D eigenvalue weighted by molar-refractivity contribution is 5.93. The number of rotatable bonds is 3. The molecule has 0 saturated carbocycles. The maximum atomic E-state index is 11.6. The van der Waals surface area contributed by atoms with Crippen LogP contribution in [0.25, 0.3) is 16.7 Å².